The van der Waals surface area contributed by atoms with Crippen LogP contribution in [0.5, 0.6) is 5.75 Å². The molecule has 0 fully saturated rings. The number of hydrogen-bond donors (Lipinski definition) is 1. The van der Waals surface area contributed by atoms with E-state index in [0.29, 0.717) is 22.2 Å². The summed E-state index contributed by atoms with van der Waals surface area (Å²) in [5.41, 5.74) is 0.964. The van der Waals surface area contributed by atoms with Gasteiger partial charge in [0, 0.05) is 22.6 Å². The second kappa shape index (κ2) is 14.6. The van der Waals surface area contributed by atoms with Gasteiger partial charge < -0.3 is 15.0 Å². The zero-order chi connectivity index (χ0) is 30.2. The van der Waals surface area contributed by atoms with Gasteiger partial charge in [-0.25, -0.2) is 8.42 Å². The molecular weight excluding hydrogens is 585 g/mol. The zero-order valence-electron chi connectivity index (χ0n) is 23.5. The highest BCUT2D eigenvalue weighted by Crippen LogP contribution is 2.28. The van der Waals surface area contributed by atoms with Gasteiger partial charge in [-0.1, -0.05) is 55.2 Å². The number of carbonyl (C=O) groups excluding carboxylic acids is 2. The van der Waals surface area contributed by atoms with Gasteiger partial charge in [-0.15, -0.1) is 0 Å². The second-order valence-electron chi connectivity index (χ2n) is 9.56. The lowest BCUT2D eigenvalue weighted by Gasteiger charge is -2.33. The van der Waals surface area contributed by atoms with E-state index < -0.39 is 28.5 Å². The molecule has 41 heavy (non-hydrogen) atoms. The fourth-order valence-corrected chi connectivity index (χ4v) is 5.90. The first-order valence-electron chi connectivity index (χ1n) is 13.3. The molecule has 1 N–H and O–H groups in total. The summed E-state index contributed by atoms with van der Waals surface area (Å²) >= 11 is 12.2. The lowest BCUT2D eigenvalue weighted by Crippen LogP contribution is -2.53. The van der Waals surface area contributed by atoms with Crippen LogP contribution in [0.15, 0.2) is 77.7 Å². The van der Waals surface area contributed by atoms with E-state index in [2.05, 4.69) is 5.32 Å². The van der Waals surface area contributed by atoms with Crippen molar-refractivity contribution in [1.82, 2.24) is 10.2 Å². The monoisotopic (exact) mass is 619 g/mol. The number of benzene rings is 3. The number of methoxy groups -OCH3 is 1. The topological polar surface area (TPSA) is 96.0 Å². The Balaban J connectivity index is 2.05. The van der Waals surface area contributed by atoms with Gasteiger partial charge >= 0.3 is 0 Å². The number of nitrogens with zero attached hydrogens (tertiary/aromatic N) is 2. The standard InChI is InChI=1S/C30H35Cl2N3O5S/c1-5-21(3)33-30(37)28(6-2)34(19-22-10-14-26(40-4)15-11-22)29(36)20-35(25-9-7-8-24(32)18-25)41(38,39)27-16-12-23(31)13-17-27/h7-18,21,28H,5-6,19-20H2,1-4H3,(H,33,37)/t21-,28-/m1/s1. The molecule has 0 bridgehead atoms. The number of nitrogens with one attached hydrogen (secondary N) is 1. The molecule has 0 saturated heterocycles. The van der Waals surface area contributed by atoms with Crippen molar-refractivity contribution < 1.29 is 22.7 Å². The Morgan fingerprint density at radius 1 is 0.927 bits per heavy atom. The normalized spacial score (nSPS) is 12.7. The molecule has 0 aliphatic carbocycles. The first kappa shape index (κ1) is 32.2. The molecule has 0 unspecified atom stereocenters. The van der Waals surface area contributed by atoms with Crippen molar-refractivity contribution in [3.8, 4) is 5.75 Å². The summed E-state index contributed by atoms with van der Waals surface area (Å²) in [4.78, 5) is 28.8. The van der Waals surface area contributed by atoms with Crippen molar-refractivity contribution in [3.63, 3.8) is 0 Å². The Hall–Kier alpha value is -3.27. The van der Waals surface area contributed by atoms with Crippen molar-refractivity contribution in [3.05, 3.63) is 88.4 Å². The Morgan fingerprint density at radius 3 is 2.15 bits per heavy atom. The van der Waals surface area contributed by atoms with Gasteiger partial charge in [0.2, 0.25) is 11.8 Å². The summed E-state index contributed by atoms with van der Waals surface area (Å²) < 4.78 is 34.0. The number of halogens is 2. The average molecular weight is 621 g/mol. The van der Waals surface area contributed by atoms with Crippen molar-refractivity contribution in [2.24, 2.45) is 0 Å². The molecule has 0 saturated carbocycles. The molecule has 220 valence electrons. The van der Waals surface area contributed by atoms with E-state index in [-0.39, 0.29) is 29.1 Å². The molecule has 0 spiro atoms. The van der Waals surface area contributed by atoms with Crippen LogP contribution in [0.25, 0.3) is 0 Å². The molecule has 11 heteroatoms. The maximum absolute atomic E-state index is 14.1. The van der Waals surface area contributed by atoms with Gasteiger partial charge in [0.1, 0.15) is 18.3 Å². The van der Waals surface area contributed by atoms with E-state index >= 15 is 0 Å². The third-order valence-corrected chi connectivity index (χ3v) is 8.95. The molecule has 0 aromatic heterocycles. The van der Waals surface area contributed by atoms with Gasteiger partial charge in [0.15, 0.2) is 0 Å². The number of anilines is 1. The van der Waals surface area contributed by atoms with Crippen LogP contribution in [0.3, 0.4) is 0 Å². The third kappa shape index (κ3) is 8.38. The largest absolute Gasteiger partial charge is 0.497 e. The van der Waals surface area contributed by atoms with E-state index in [9.17, 15) is 18.0 Å². The summed E-state index contributed by atoms with van der Waals surface area (Å²) in [6, 6.07) is 18.2. The maximum atomic E-state index is 14.1. The van der Waals surface area contributed by atoms with Crippen LogP contribution >= 0.6 is 23.2 Å². The van der Waals surface area contributed by atoms with Crippen molar-refractivity contribution in [2.75, 3.05) is 18.0 Å². The predicted molar refractivity (Wildman–Crippen MR) is 163 cm³/mol. The highest BCUT2D eigenvalue weighted by atomic mass is 35.5. The summed E-state index contributed by atoms with van der Waals surface area (Å²) in [5.74, 6) is -0.211. The summed E-state index contributed by atoms with van der Waals surface area (Å²) in [7, 11) is -2.66. The molecule has 0 aliphatic heterocycles. The smallest absolute Gasteiger partial charge is 0.264 e. The summed E-state index contributed by atoms with van der Waals surface area (Å²) in [6.07, 6.45) is 1.04. The minimum atomic E-state index is -4.22. The van der Waals surface area contributed by atoms with Crippen LogP contribution in [-0.4, -0.2) is 50.9 Å². The minimum Gasteiger partial charge on any atom is -0.497 e. The molecule has 8 nitrogen and oxygen atoms in total. The molecule has 0 heterocycles. The lowest BCUT2D eigenvalue weighted by atomic mass is 10.1. The predicted octanol–water partition coefficient (Wildman–Crippen LogP) is 5.92. The van der Waals surface area contributed by atoms with Crippen molar-refractivity contribution in [2.45, 2.75) is 57.1 Å². The number of rotatable bonds is 13. The average Bonchev–Trinajstić information content (AvgIpc) is 2.96. The molecule has 3 aromatic rings. The molecule has 3 aromatic carbocycles. The number of hydrogen-bond acceptors (Lipinski definition) is 5. The fourth-order valence-electron chi connectivity index (χ4n) is 4.18. The maximum Gasteiger partial charge on any atom is 0.264 e. The zero-order valence-corrected chi connectivity index (χ0v) is 25.8. The van der Waals surface area contributed by atoms with E-state index in [1.165, 1.54) is 35.2 Å². The SMILES string of the molecule is CC[C@@H](C)NC(=O)[C@@H](CC)N(Cc1ccc(OC)cc1)C(=O)CN(c1cccc(Cl)c1)S(=O)(=O)c1ccc(Cl)cc1. The van der Waals surface area contributed by atoms with Crippen molar-refractivity contribution >= 4 is 50.7 Å². The molecule has 0 radical (unpaired) electrons. The first-order chi connectivity index (χ1) is 19.5. The Morgan fingerprint density at radius 2 is 1.59 bits per heavy atom. The number of ether oxygens (including phenoxy) is 1. The molecule has 3 rings (SSSR count). The van der Waals surface area contributed by atoms with Crippen LogP contribution in [0, 0.1) is 0 Å². The van der Waals surface area contributed by atoms with Crippen LogP contribution in [0.2, 0.25) is 10.0 Å². The van der Waals surface area contributed by atoms with Crippen LogP contribution in [0.1, 0.15) is 39.2 Å². The molecule has 0 aliphatic rings. The Labute approximate surface area is 252 Å². The van der Waals surface area contributed by atoms with Gasteiger partial charge in [-0.05, 0) is 79.9 Å². The van der Waals surface area contributed by atoms with Crippen LogP contribution < -0.4 is 14.4 Å². The number of carbonyl (C=O) groups is 2. The fraction of sp³-hybridized carbons (Fsp3) is 0.333. The second-order valence-corrected chi connectivity index (χ2v) is 12.3. The number of amides is 2. The van der Waals surface area contributed by atoms with Gasteiger partial charge in [0.25, 0.3) is 10.0 Å². The van der Waals surface area contributed by atoms with Crippen molar-refractivity contribution in [1.29, 1.82) is 0 Å². The Bertz CT molecular complexity index is 1430. The highest BCUT2D eigenvalue weighted by Gasteiger charge is 2.34. The van der Waals surface area contributed by atoms with Gasteiger partial charge in [-0.2, -0.15) is 0 Å². The van der Waals surface area contributed by atoms with E-state index in [1.807, 2.05) is 20.8 Å². The highest BCUT2D eigenvalue weighted by molar-refractivity contribution is 7.92. The quantitative estimate of drug-likeness (QED) is 0.256. The van der Waals surface area contributed by atoms with E-state index in [1.54, 1.807) is 49.6 Å². The summed E-state index contributed by atoms with van der Waals surface area (Å²) in [5, 5.41) is 3.64. The summed E-state index contributed by atoms with van der Waals surface area (Å²) in [6.45, 7) is 5.18. The van der Waals surface area contributed by atoms with E-state index in [0.717, 1.165) is 16.3 Å². The lowest BCUT2D eigenvalue weighted by molar-refractivity contribution is -0.140. The van der Waals surface area contributed by atoms with Gasteiger partial charge in [0.05, 0.1) is 17.7 Å². The third-order valence-electron chi connectivity index (χ3n) is 6.68. The first-order valence-corrected chi connectivity index (χ1v) is 15.5. The minimum absolute atomic E-state index is 0.0436. The molecular formula is C30H35Cl2N3O5S. The Kier molecular flexibility index (Phi) is 11.5. The van der Waals surface area contributed by atoms with E-state index in [4.69, 9.17) is 27.9 Å². The molecule has 2 amide bonds. The van der Waals surface area contributed by atoms with Crippen LogP contribution in [-0.2, 0) is 26.2 Å². The molecule has 2 atom stereocenters. The van der Waals surface area contributed by atoms with Gasteiger partial charge in [-0.3, -0.25) is 13.9 Å². The van der Waals surface area contributed by atoms with Crippen LogP contribution in [0.4, 0.5) is 5.69 Å². The number of sulfonamides is 1.